The van der Waals surface area contributed by atoms with E-state index in [4.69, 9.17) is 4.42 Å². The summed E-state index contributed by atoms with van der Waals surface area (Å²) in [6, 6.07) is 8.31. The SMILES string of the molecule is CCCCN(C)Cc1c(CNC)oc2ccccc12. The highest BCUT2D eigenvalue weighted by atomic mass is 16.3. The second kappa shape index (κ2) is 6.73. The molecule has 0 bridgehead atoms. The predicted octanol–water partition coefficient (Wildman–Crippen LogP) is 3.38. The number of nitrogens with zero attached hydrogens (tertiary/aromatic N) is 1. The minimum Gasteiger partial charge on any atom is -0.459 e. The summed E-state index contributed by atoms with van der Waals surface area (Å²) in [6.07, 6.45) is 2.48. The van der Waals surface area contributed by atoms with Gasteiger partial charge in [-0.1, -0.05) is 31.5 Å². The van der Waals surface area contributed by atoms with Gasteiger partial charge in [-0.2, -0.15) is 0 Å². The zero-order chi connectivity index (χ0) is 13.7. The summed E-state index contributed by atoms with van der Waals surface area (Å²) < 4.78 is 5.96. The van der Waals surface area contributed by atoms with Crippen LogP contribution in [0.4, 0.5) is 0 Å². The Labute approximate surface area is 115 Å². The Bertz CT molecular complexity index is 518. The van der Waals surface area contributed by atoms with Gasteiger partial charge in [0.2, 0.25) is 0 Å². The van der Waals surface area contributed by atoms with E-state index in [9.17, 15) is 0 Å². The molecule has 0 fully saturated rings. The van der Waals surface area contributed by atoms with Crippen LogP contribution in [-0.4, -0.2) is 25.5 Å². The molecule has 0 aliphatic carbocycles. The second-order valence-electron chi connectivity index (χ2n) is 5.12. The van der Waals surface area contributed by atoms with Gasteiger partial charge in [-0.3, -0.25) is 0 Å². The highest BCUT2D eigenvalue weighted by molar-refractivity contribution is 5.82. The molecule has 3 heteroatoms. The Kier molecular flexibility index (Phi) is 5.00. The number of unbranched alkanes of at least 4 members (excludes halogenated alkanes) is 1. The molecule has 0 aliphatic heterocycles. The smallest absolute Gasteiger partial charge is 0.134 e. The molecule has 0 aliphatic rings. The lowest BCUT2D eigenvalue weighted by atomic mass is 10.1. The number of rotatable bonds is 7. The topological polar surface area (TPSA) is 28.4 Å². The van der Waals surface area contributed by atoms with E-state index in [2.05, 4.69) is 36.3 Å². The van der Waals surface area contributed by atoms with Crippen LogP contribution >= 0.6 is 0 Å². The number of furan rings is 1. The maximum atomic E-state index is 5.96. The summed E-state index contributed by atoms with van der Waals surface area (Å²) in [5, 5.41) is 4.44. The van der Waals surface area contributed by atoms with Crippen LogP contribution in [0.5, 0.6) is 0 Å². The van der Waals surface area contributed by atoms with Gasteiger partial charge in [0.05, 0.1) is 6.54 Å². The molecule has 104 valence electrons. The van der Waals surface area contributed by atoms with Crippen LogP contribution in [-0.2, 0) is 13.1 Å². The van der Waals surface area contributed by atoms with Crippen LogP contribution in [0.1, 0.15) is 31.1 Å². The number of para-hydroxylation sites is 1. The molecule has 1 heterocycles. The lowest BCUT2D eigenvalue weighted by Crippen LogP contribution is -2.20. The fraction of sp³-hybridized carbons (Fsp3) is 0.500. The van der Waals surface area contributed by atoms with Crippen molar-refractivity contribution in [1.82, 2.24) is 10.2 Å². The number of hydrogen-bond donors (Lipinski definition) is 1. The largest absolute Gasteiger partial charge is 0.459 e. The van der Waals surface area contributed by atoms with Gasteiger partial charge in [0.25, 0.3) is 0 Å². The molecule has 0 spiro atoms. The zero-order valence-electron chi connectivity index (χ0n) is 12.2. The summed E-state index contributed by atoms with van der Waals surface area (Å²) in [5.41, 5.74) is 2.31. The molecule has 0 saturated carbocycles. The highest BCUT2D eigenvalue weighted by Gasteiger charge is 2.14. The summed E-state index contributed by atoms with van der Waals surface area (Å²) in [4.78, 5) is 2.37. The van der Waals surface area contributed by atoms with E-state index in [1.807, 2.05) is 19.2 Å². The van der Waals surface area contributed by atoms with Crippen molar-refractivity contribution in [2.45, 2.75) is 32.9 Å². The van der Waals surface area contributed by atoms with Gasteiger partial charge in [0.1, 0.15) is 11.3 Å². The van der Waals surface area contributed by atoms with Gasteiger partial charge < -0.3 is 14.6 Å². The first-order valence-corrected chi connectivity index (χ1v) is 7.08. The molecule has 1 aromatic heterocycles. The molecule has 0 saturated heterocycles. The molecule has 0 radical (unpaired) electrons. The minimum absolute atomic E-state index is 0.783. The summed E-state index contributed by atoms with van der Waals surface area (Å²) in [6.45, 7) is 5.10. The van der Waals surface area contributed by atoms with Crippen molar-refractivity contribution in [2.75, 3.05) is 20.6 Å². The first-order valence-electron chi connectivity index (χ1n) is 7.08. The van der Waals surface area contributed by atoms with E-state index >= 15 is 0 Å². The van der Waals surface area contributed by atoms with Crippen LogP contribution in [0.15, 0.2) is 28.7 Å². The third-order valence-electron chi connectivity index (χ3n) is 3.44. The van der Waals surface area contributed by atoms with E-state index in [1.165, 1.54) is 23.8 Å². The molecular formula is C16H24N2O. The summed E-state index contributed by atoms with van der Waals surface area (Å²) >= 11 is 0. The van der Waals surface area contributed by atoms with E-state index in [1.54, 1.807) is 0 Å². The van der Waals surface area contributed by atoms with Crippen molar-refractivity contribution in [1.29, 1.82) is 0 Å². The Morgan fingerprint density at radius 2 is 2.05 bits per heavy atom. The van der Waals surface area contributed by atoms with Crippen molar-refractivity contribution in [2.24, 2.45) is 0 Å². The lowest BCUT2D eigenvalue weighted by molar-refractivity contribution is 0.318. The molecule has 1 aromatic carbocycles. The standard InChI is InChI=1S/C16H24N2O/c1-4-5-10-18(3)12-14-13-8-6-7-9-15(13)19-16(14)11-17-2/h6-9,17H,4-5,10-12H2,1-3H3. The highest BCUT2D eigenvalue weighted by Crippen LogP contribution is 2.26. The van der Waals surface area contributed by atoms with Crippen molar-refractivity contribution in [3.8, 4) is 0 Å². The Morgan fingerprint density at radius 3 is 2.79 bits per heavy atom. The summed E-state index contributed by atoms with van der Waals surface area (Å²) in [5.74, 6) is 1.06. The van der Waals surface area contributed by atoms with Crippen molar-refractivity contribution in [3.05, 3.63) is 35.6 Å². The van der Waals surface area contributed by atoms with E-state index in [0.717, 1.165) is 31.0 Å². The molecule has 19 heavy (non-hydrogen) atoms. The molecule has 0 atom stereocenters. The van der Waals surface area contributed by atoms with Gasteiger partial charge in [0, 0.05) is 17.5 Å². The normalized spacial score (nSPS) is 11.6. The number of hydrogen-bond acceptors (Lipinski definition) is 3. The Balaban J connectivity index is 2.25. The van der Waals surface area contributed by atoms with Gasteiger partial charge in [-0.15, -0.1) is 0 Å². The quantitative estimate of drug-likeness (QED) is 0.827. The molecule has 2 rings (SSSR count). The molecule has 1 N–H and O–H groups in total. The lowest BCUT2D eigenvalue weighted by Gasteiger charge is -2.16. The fourth-order valence-corrected chi connectivity index (χ4v) is 2.40. The van der Waals surface area contributed by atoms with Crippen molar-refractivity contribution in [3.63, 3.8) is 0 Å². The van der Waals surface area contributed by atoms with Crippen LogP contribution in [0.3, 0.4) is 0 Å². The number of nitrogens with one attached hydrogen (secondary N) is 1. The average molecular weight is 260 g/mol. The van der Waals surface area contributed by atoms with Crippen molar-refractivity contribution >= 4 is 11.0 Å². The molecule has 3 nitrogen and oxygen atoms in total. The molecule has 0 unspecified atom stereocenters. The predicted molar refractivity (Wildman–Crippen MR) is 80.2 cm³/mol. The van der Waals surface area contributed by atoms with Crippen LogP contribution in [0.2, 0.25) is 0 Å². The zero-order valence-corrected chi connectivity index (χ0v) is 12.2. The Hall–Kier alpha value is -1.32. The summed E-state index contributed by atoms with van der Waals surface area (Å²) in [7, 11) is 4.14. The maximum absolute atomic E-state index is 5.96. The van der Waals surface area contributed by atoms with E-state index in [0.29, 0.717) is 0 Å². The van der Waals surface area contributed by atoms with E-state index < -0.39 is 0 Å². The average Bonchev–Trinajstić information content (AvgIpc) is 2.75. The maximum Gasteiger partial charge on any atom is 0.134 e. The van der Waals surface area contributed by atoms with Gasteiger partial charge in [-0.25, -0.2) is 0 Å². The first-order chi connectivity index (χ1) is 9.26. The van der Waals surface area contributed by atoms with Crippen molar-refractivity contribution < 1.29 is 4.42 Å². The second-order valence-corrected chi connectivity index (χ2v) is 5.12. The third-order valence-corrected chi connectivity index (χ3v) is 3.44. The third kappa shape index (κ3) is 3.37. The minimum atomic E-state index is 0.783. The molecule has 0 amide bonds. The van der Waals surface area contributed by atoms with Crippen LogP contribution in [0.25, 0.3) is 11.0 Å². The van der Waals surface area contributed by atoms with Crippen LogP contribution < -0.4 is 5.32 Å². The number of fused-ring (bicyclic) bond motifs is 1. The Morgan fingerprint density at radius 1 is 1.26 bits per heavy atom. The number of benzene rings is 1. The monoisotopic (exact) mass is 260 g/mol. The van der Waals surface area contributed by atoms with Crippen LogP contribution in [0, 0.1) is 0 Å². The first kappa shape index (κ1) is 14.1. The molecule has 2 aromatic rings. The van der Waals surface area contributed by atoms with Gasteiger partial charge in [0.15, 0.2) is 0 Å². The fourth-order valence-electron chi connectivity index (χ4n) is 2.40. The van der Waals surface area contributed by atoms with Gasteiger partial charge >= 0.3 is 0 Å². The van der Waals surface area contributed by atoms with Gasteiger partial charge in [-0.05, 0) is 33.1 Å². The van der Waals surface area contributed by atoms with E-state index in [-0.39, 0.29) is 0 Å². The molecular weight excluding hydrogens is 236 g/mol.